The fourth-order valence-corrected chi connectivity index (χ4v) is 1.75. The van der Waals surface area contributed by atoms with Gasteiger partial charge in [-0.15, -0.1) is 11.6 Å². The number of ether oxygens (including phenoxy) is 2. The van der Waals surface area contributed by atoms with Crippen molar-refractivity contribution in [3.05, 3.63) is 23.8 Å². The van der Waals surface area contributed by atoms with E-state index in [4.69, 9.17) is 21.1 Å². The van der Waals surface area contributed by atoms with Crippen LogP contribution in [0.3, 0.4) is 0 Å². The van der Waals surface area contributed by atoms with Crippen molar-refractivity contribution < 1.29 is 14.3 Å². The van der Waals surface area contributed by atoms with E-state index in [1.165, 1.54) is 7.11 Å². The van der Waals surface area contributed by atoms with Gasteiger partial charge >= 0.3 is 0 Å². The summed E-state index contributed by atoms with van der Waals surface area (Å²) >= 11 is 5.70. The van der Waals surface area contributed by atoms with Gasteiger partial charge in [-0.25, -0.2) is 0 Å². The summed E-state index contributed by atoms with van der Waals surface area (Å²) in [5.41, 5.74) is 1.73. The van der Waals surface area contributed by atoms with Crippen LogP contribution in [0.15, 0.2) is 18.2 Å². The molecular weight excluding hydrogens is 254 g/mol. The van der Waals surface area contributed by atoms with Gasteiger partial charge in [0.2, 0.25) is 5.91 Å². The van der Waals surface area contributed by atoms with Gasteiger partial charge < -0.3 is 14.8 Å². The molecular formula is C13H18ClNO3. The van der Waals surface area contributed by atoms with Crippen molar-refractivity contribution in [1.29, 1.82) is 0 Å². The number of carbonyl (C=O) groups excluding carboxylic acids is 1. The quantitative estimate of drug-likeness (QED) is 0.775. The summed E-state index contributed by atoms with van der Waals surface area (Å²) in [6.45, 7) is 2.46. The summed E-state index contributed by atoms with van der Waals surface area (Å²) < 4.78 is 10.3. The highest BCUT2D eigenvalue weighted by Crippen LogP contribution is 2.26. The summed E-state index contributed by atoms with van der Waals surface area (Å²) in [5.74, 6) is 1.01. The molecule has 1 rings (SSSR count). The first-order valence-corrected chi connectivity index (χ1v) is 6.35. The van der Waals surface area contributed by atoms with Crippen molar-refractivity contribution in [3.8, 4) is 5.75 Å². The standard InChI is InChI=1S/C13H18ClNO3/c1-3-18-12-8-10(6-7-14)4-5-11(12)15-13(16)9-17-2/h4-5,8H,3,6-7,9H2,1-2H3,(H,15,16). The molecule has 0 aromatic heterocycles. The van der Waals surface area contributed by atoms with Crippen molar-refractivity contribution in [1.82, 2.24) is 0 Å². The third-order valence-electron chi connectivity index (χ3n) is 2.28. The van der Waals surface area contributed by atoms with Crippen LogP contribution in [0.25, 0.3) is 0 Å². The molecule has 1 amide bonds. The van der Waals surface area contributed by atoms with Crippen LogP contribution in [-0.2, 0) is 16.0 Å². The minimum atomic E-state index is -0.205. The number of halogens is 1. The predicted octanol–water partition coefficient (Wildman–Crippen LogP) is 2.45. The zero-order valence-corrected chi connectivity index (χ0v) is 11.4. The molecule has 100 valence electrons. The van der Waals surface area contributed by atoms with Gasteiger partial charge in [-0.3, -0.25) is 4.79 Å². The fraction of sp³-hybridized carbons (Fsp3) is 0.462. The number of hydrogen-bond donors (Lipinski definition) is 1. The predicted molar refractivity (Wildman–Crippen MR) is 72.5 cm³/mol. The molecule has 0 bridgehead atoms. The Kier molecular flexibility index (Phi) is 6.54. The van der Waals surface area contributed by atoms with Gasteiger partial charge in [0, 0.05) is 13.0 Å². The van der Waals surface area contributed by atoms with Gasteiger partial charge in [-0.1, -0.05) is 6.07 Å². The highest BCUT2D eigenvalue weighted by molar-refractivity contribution is 6.18. The Balaban J connectivity index is 2.85. The third kappa shape index (κ3) is 4.55. The Labute approximate surface area is 112 Å². The molecule has 0 aliphatic carbocycles. The Morgan fingerprint density at radius 3 is 2.83 bits per heavy atom. The van der Waals surface area contributed by atoms with Crippen molar-refractivity contribution in [2.45, 2.75) is 13.3 Å². The van der Waals surface area contributed by atoms with E-state index in [-0.39, 0.29) is 12.5 Å². The van der Waals surface area contributed by atoms with Gasteiger partial charge in [0.1, 0.15) is 12.4 Å². The lowest BCUT2D eigenvalue weighted by molar-refractivity contribution is -0.119. The Morgan fingerprint density at radius 2 is 2.22 bits per heavy atom. The minimum Gasteiger partial charge on any atom is -0.492 e. The molecule has 0 unspecified atom stereocenters. The number of hydrogen-bond acceptors (Lipinski definition) is 3. The van der Waals surface area contributed by atoms with Crippen LogP contribution < -0.4 is 10.1 Å². The molecule has 1 N–H and O–H groups in total. The molecule has 1 aromatic rings. The fourth-order valence-electron chi connectivity index (χ4n) is 1.53. The lowest BCUT2D eigenvalue weighted by Crippen LogP contribution is -2.17. The molecule has 0 heterocycles. The minimum absolute atomic E-state index is 0.0228. The summed E-state index contributed by atoms with van der Waals surface area (Å²) in [6, 6.07) is 5.64. The first-order chi connectivity index (χ1) is 8.71. The first-order valence-electron chi connectivity index (χ1n) is 5.81. The van der Waals surface area contributed by atoms with E-state index in [0.717, 1.165) is 12.0 Å². The number of aryl methyl sites for hydroxylation is 1. The highest BCUT2D eigenvalue weighted by Gasteiger charge is 2.08. The average molecular weight is 272 g/mol. The van der Waals surface area contributed by atoms with Crippen molar-refractivity contribution >= 4 is 23.2 Å². The number of alkyl halides is 1. The number of methoxy groups -OCH3 is 1. The summed E-state index contributed by atoms with van der Waals surface area (Å²) in [5, 5.41) is 2.74. The van der Waals surface area contributed by atoms with E-state index in [9.17, 15) is 4.79 Å². The molecule has 0 aliphatic rings. The van der Waals surface area contributed by atoms with Crippen LogP contribution in [0.4, 0.5) is 5.69 Å². The van der Waals surface area contributed by atoms with Crippen LogP contribution in [0.2, 0.25) is 0 Å². The largest absolute Gasteiger partial charge is 0.492 e. The summed E-state index contributed by atoms with van der Waals surface area (Å²) in [7, 11) is 1.48. The molecule has 18 heavy (non-hydrogen) atoms. The molecule has 0 atom stereocenters. The maximum Gasteiger partial charge on any atom is 0.250 e. The van der Waals surface area contributed by atoms with Gasteiger partial charge in [-0.05, 0) is 31.0 Å². The van der Waals surface area contributed by atoms with Crippen LogP contribution in [0.1, 0.15) is 12.5 Å². The molecule has 0 spiro atoms. The van der Waals surface area contributed by atoms with E-state index in [1.807, 2.05) is 25.1 Å². The maximum atomic E-state index is 11.5. The Hall–Kier alpha value is -1.26. The van der Waals surface area contributed by atoms with E-state index < -0.39 is 0 Å². The van der Waals surface area contributed by atoms with Crippen LogP contribution in [0.5, 0.6) is 5.75 Å². The van der Waals surface area contributed by atoms with E-state index >= 15 is 0 Å². The molecule has 5 heteroatoms. The van der Waals surface area contributed by atoms with Gasteiger partial charge in [-0.2, -0.15) is 0 Å². The smallest absolute Gasteiger partial charge is 0.250 e. The van der Waals surface area contributed by atoms with Gasteiger partial charge in [0.05, 0.1) is 12.3 Å². The lowest BCUT2D eigenvalue weighted by atomic mass is 10.1. The van der Waals surface area contributed by atoms with Gasteiger partial charge in [0.25, 0.3) is 0 Å². The molecule has 0 fully saturated rings. The second kappa shape index (κ2) is 7.95. The van der Waals surface area contributed by atoms with E-state index in [1.54, 1.807) is 0 Å². The topological polar surface area (TPSA) is 47.6 Å². The molecule has 0 radical (unpaired) electrons. The monoisotopic (exact) mass is 271 g/mol. The number of amides is 1. The second-order valence-electron chi connectivity index (χ2n) is 3.68. The molecule has 1 aromatic carbocycles. The number of benzene rings is 1. The number of anilines is 1. The SMILES string of the molecule is CCOc1cc(CCCl)ccc1NC(=O)COC. The lowest BCUT2D eigenvalue weighted by Gasteiger charge is -2.12. The molecule has 0 aliphatic heterocycles. The van der Waals surface area contributed by atoms with Crippen LogP contribution in [-0.4, -0.2) is 32.1 Å². The van der Waals surface area contributed by atoms with Crippen molar-refractivity contribution in [2.24, 2.45) is 0 Å². The number of nitrogens with one attached hydrogen (secondary N) is 1. The molecule has 0 saturated heterocycles. The van der Waals surface area contributed by atoms with Crippen LogP contribution in [0, 0.1) is 0 Å². The van der Waals surface area contributed by atoms with Crippen molar-refractivity contribution in [3.63, 3.8) is 0 Å². The average Bonchev–Trinajstić information content (AvgIpc) is 2.33. The number of carbonyl (C=O) groups is 1. The summed E-state index contributed by atoms with van der Waals surface area (Å²) in [6.07, 6.45) is 0.772. The molecule has 4 nitrogen and oxygen atoms in total. The van der Waals surface area contributed by atoms with Crippen LogP contribution >= 0.6 is 11.6 Å². The Bertz CT molecular complexity index is 396. The second-order valence-corrected chi connectivity index (χ2v) is 4.06. The van der Waals surface area contributed by atoms with Crippen molar-refractivity contribution in [2.75, 3.05) is 31.5 Å². The normalized spacial score (nSPS) is 10.2. The number of rotatable bonds is 7. The van der Waals surface area contributed by atoms with E-state index in [2.05, 4.69) is 5.32 Å². The van der Waals surface area contributed by atoms with Gasteiger partial charge in [0.15, 0.2) is 0 Å². The Morgan fingerprint density at radius 1 is 1.44 bits per heavy atom. The highest BCUT2D eigenvalue weighted by atomic mass is 35.5. The molecule has 0 saturated carbocycles. The van der Waals surface area contributed by atoms with E-state index in [0.29, 0.717) is 23.9 Å². The third-order valence-corrected chi connectivity index (χ3v) is 2.47. The summed E-state index contributed by atoms with van der Waals surface area (Å²) in [4.78, 5) is 11.5. The zero-order valence-electron chi connectivity index (χ0n) is 10.7. The first kappa shape index (κ1) is 14.8. The zero-order chi connectivity index (χ0) is 13.4. The maximum absolute atomic E-state index is 11.5.